The minimum absolute atomic E-state index is 0.245. The number of rotatable bonds is 2. The molecule has 0 unspecified atom stereocenters. The minimum atomic E-state index is 0.245. The van der Waals surface area contributed by atoms with Gasteiger partial charge in [0.2, 0.25) is 0 Å². The summed E-state index contributed by atoms with van der Waals surface area (Å²) in [7, 11) is 0. The molecule has 0 radical (unpaired) electrons. The molecule has 0 saturated heterocycles. The lowest BCUT2D eigenvalue weighted by molar-refractivity contribution is 0.586. The molecule has 0 amide bonds. The third-order valence-corrected chi connectivity index (χ3v) is 3.26. The van der Waals surface area contributed by atoms with Crippen LogP contribution in [0.1, 0.15) is 44.4 Å². The lowest BCUT2D eigenvalue weighted by atomic mass is 9.83. The first-order valence-corrected chi connectivity index (χ1v) is 6.83. The van der Waals surface area contributed by atoms with E-state index < -0.39 is 0 Å². The molecule has 0 aromatic heterocycles. The number of alkyl halides is 1. The molecule has 1 rings (SSSR count). The van der Waals surface area contributed by atoms with Gasteiger partial charge in [-0.15, -0.1) is 0 Å². The van der Waals surface area contributed by atoms with Gasteiger partial charge < -0.3 is 0 Å². The van der Waals surface area contributed by atoms with E-state index in [1.165, 1.54) is 16.7 Å². The first-order chi connectivity index (χ1) is 6.99. The second-order valence-electron chi connectivity index (χ2n) is 4.80. The Kier molecular flexibility index (Phi) is 4.38. The lowest BCUT2D eigenvalue weighted by Gasteiger charge is -2.22. The Morgan fingerprint density at radius 2 is 1.93 bits per heavy atom. The molecule has 0 spiro atoms. The van der Waals surface area contributed by atoms with E-state index in [1.807, 2.05) is 0 Å². The molecule has 1 heteroatoms. The topological polar surface area (TPSA) is 0 Å². The van der Waals surface area contributed by atoms with E-state index in [2.05, 4.69) is 80.6 Å². The number of halogens is 1. The second-order valence-corrected chi connectivity index (χ2v) is 5.56. The summed E-state index contributed by atoms with van der Waals surface area (Å²) in [6.07, 6.45) is 4.24. The van der Waals surface area contributed by atoms with E-state index in [4.69, 9.17) is 0 Å². The van der Waals surface area contributed by atoms with Gasteiger partial charge in [-0.3, -0.25) is 0 Å². The SMILES string of the molecule is C/C=C\c1ccc(C(C)(C)C)c(CI)c1. The molecule has 0 atom stereocenters. The summed E-state index contributed by atoms with van der Waals surface area (Å²) in [5, 5.41) is 0. The van der Waals surface area contributed by atoms with E-state index in [1.54, 1.807) is 0 Å². The van der Waals surface area contributed by atoms with Crippen LogP contribution in [0.5, 0.6) is 0 Å². The molecule has 0 N–H and O–H groups in total. The van der Waals surface area contributed by atoms with Crippen molar-refractivity contribution in [1.82, 2.24) is 0 Å². The summed E-state index contributed by atoms with van der Waals surface area (Å²) in [6, 6.07) is 6.77. The molecule has 0 nitrogen and oxygen atoms in total. The van der Waals surface area contributed by atoms with Gasteiger partial charge in [0, 0.05) is 4.43 Å². The predicted molar refractivity (Wildman–Crippen MR) is 77.6 cm³/mol. The fourth-order valence-corrected chi connectivity index (χ4v) is 2.38. The van der Waals surface area contributed by atoms with Crippen LogP contribution in [0.2, 0.25) is 0 Å². The fourth-order valence-electron chi connectivity index (χ4n) is 1.75. The van der Waals surface area contributed by atoms with Gasteiger partial charge >= 0.3 is 0 Å². The van der Waals surface area contributed by atoms with E-state index in [0.717, 1.165) is 4.43 Å². The van der Waals surface area contributed by atoms with Crippen LogP contribution in [-0.2, 0) is 9.84 Å². The van der Waals surface area contributed by atoms with Crippen molar-refractivity contribution in [2.24, 2.45) is 0 Å². The Morgan fingerprint density at radius 1 is 1.27 bits per heavy atom. The molecular formula is C14H19I. The highest BCUT2D eigenvalue weighted by Crippen LogP contribution is 2.28. The maximum absolute atomic E-state index is 2.44. The second kappa shape index (κ2) is 5.15. The van der Waals surface area contributed by atoms with E-state index >= 15 is 0 Å². The van der Waals surface area contributed by atoms with Crippen molar-refractivity contribution in [3.63, 3.8) is 0 Å². The van der Waals surface area contributed by atoms with E-state index in [9.17, 15) is 0 Å². The van der Waals surface area contributed by atoms with Gasteiger partial charge in [-0.1, -0.05) is 73.7 Å². The van der Waals surface area contributed by atoms with Gasteiger partial charge in [0.1, 0.15) is 0 Å². The maximum atomic E-state index is 2.44. The Labute approximate surface area is 107 Å². The molecule has 1 aromatic rings. The quantitative estimate of drug-likeness (QED) is 0.535. The molecule has 0 aliphatic carbocycles. The Morgan fingerprint density at radius 3 is 2.40 bits per heavy atom. The highest BCUT2D eigenvalue weighted by atomic mass is 127. The first kappa shape index (κ1) is 12.8. The fraction of sp³-hybridized carbons (Fsp3) is 0.429. The molecule has 0 heterocycles. The normalized spacial score (nSPS) is 12.3. The number of hydrogen-bond donors (Lipinski definition) is 0. The van der Waals surface area contributed by atoms with Crippen LogP contribution in [0.25, 0.3) is 6.08 Å². The molecule has 0 fully saturated rings. The van der Waals surface area contributed by atoms with Gasteiger partial charge in [-0.05, 0) is 29.0 Å². The third kappa shape index (κ3) is 3.33. The maximum Gasteiger partial charge on any atom is 0.0250 e. The molecule has 82 valence electrons. The summed E-state index contributed by atoms with van der Waals surface area (Å²) in [5.74, 6) is 0. The molecule has 15 heavy (non-hydrogen) atoms. The molecule has 0 aliphatic heterocycles. The van der Waals surface area contributed by atoms with Crippen molar-refractivity contribution in [2.45, 2.75) is 37.5 Å². The largest absolute Gasteiger partial charge is 0.0871 e. The van der Waals surface area contributed by atoms with E-state index in [0.29, 0.717) is 0 Å². The summed E-state index contributed by atoms with van der Waals surface area (Å²) >= 11 is 2.44. The Balaban J connectivity index is 3.21. The van der Waals surface area contributed by atoms with Crippen molar-refractivity contribution in [1.29, 1.82) is 0 Å². The standard InChI is InChI=1S/C14H19I/c1-5-6-11-7-8-13(14(2,3)4)12(9-11)10-15/h5-9H,10H2,1-4H3/b6-5-. The van der Waals surface area contributed by atoms with Gasteiger partial charge in [-0.2, -0.15) is 0 Å². The van der Waals surface area contributed by atoms with Crippen LogP contribution < -0.4 is 0 Å². The Hall–Kier alpha value is -0.310. The van der Waals surface area contributed by atoms with Crippen LogP contribution >= 0.6 is 22.6 Å². The van der Waals surface area contributed by atoms with Crippen molar-refractivity contribution in [3.05, 3.63) is 41.0 Å². The zero-order valence-corrected chi connectivity index (χ0v) is 12.1. The predicted octanol–water partition coefficient (Wildman–Crippen LogP) is 4.95. The van der Waals surface area contributed by atoms with Crippen LogP contribution in [0.15, 0.2) is 24.3 Å². The van der Waals surface area contributed by atoms with Crippen LogP contribution in [0.3, 0.4) is 0 Å². The zero-order chi connectivity index (χ0) is 11.5. The third-order valence-electron chi connectivity index (χ3n) is 2.44. The van der Waals surface area contributed by atoms with Gasteiger partial charge in [0.15, 0.2) is 0 Å². The number of allylic oxidation sites excluding steroid dienone is 1. The zero-order valence-electron chi connectivity index (χ0n) is 9.97. The minimum Gasteiger partial charge on any atom is -0.0871 e. The van der Waals surface area contributed by atoms with Crippen molar-refractivity contribution >= 4 is 28.7 Å². The van der Waals surface area contributed by atoms with Crippen molar-refractivity contribution in [3.8, 4) is 0 Å². The summed E-state index contributed by atoms with van der Waals surface area (Å²) < 4.78 is 1.08. The Bertz CT molecular complexity index is 356. The summed E-state index contributed by atoms with van der Waals surface area (Å²) in [4.78, 5) is 0. The monoisotopic (exact) mass is 314 g/mol. The van der Waals surface area contributed by atoms with Crippen molar-refractivity contribution in [2.75, 3.05) is 0 Å². The highest BCUT2D eigenvalue weighted by Gasteiger charge is 2.16. The number of hydrogen-bond acceptors (Lipinski definition) is 0. The average molecular weight is 314 g/mol. The molecular weight excluding hydrogens is 295 g/mol. The van der Waals surface area contributed by atoms with Crippen LogP contribution in [-0.4, -0.2) is 0 Å². The van der Waals surface area contributed by atoms with Gasteiger partial charge in [0.25, 0.3) is 0 Å². The molecule has 1 aromatic carbocycles. The van der Waals surface area contributed by atoms with Crippen LogP contribution in [0, 0.1) is 0 Å². The summed E-state index contributed by atoms with van der Waals surface area (Å²) in [5.41, 5.74) is 4.47. The molecule has 0 aliphatic rings. The molecule has 0 saturated carbocycles. The van der Waals surface area contributed by atoms with E-state index in [-0.39, 0.29) is 5.41 Å². The molecule has 0 bridgehead atoms. The van der Waals surface area contributed by atoms with Crippen molar-refractivity contribution < 1.29 is 0 Å². The highest BCUT2D eigenvalue weighted by molar-refractivity contribution is 14.1. The smallest absolute Gasteiger partial charge is 0.0250 e. The van der Waals surface area contributed by atoms with Crippen LogP contribution in [0.4, 0.5) is 0 Å². The van der Waals surface area contributed by atoms with Gasteiger partial charge in [-0.25, -0.2) is 0 Å². The first-order valence-electron chi connectivity index (χ1n) is 5.31. The average Bonchev–Trinajstić information content (AvgIpc) is 2.16. The lowest BCUT2D eigenvalue weighted by Crippen LogP contribution is -2.13. The summed E-state index contributed by atoms with van der Waals surface area (Å²) in [6.45, 7) is 8.87. The number of benzene rings is 1. The van der Waals surface area contributed by atoms with Gasteiger partial charge in [0.05, 0.1) is 0 Å².